The van der Waals surface area contributed by atoms with Crippen LogP contribution in [0.5, 0.6) is 5.75 Å². The van der Waals surface area contributed by atoms with Crippen LogP contribution in [0.3, 0.4) is 0 Å². The van der Waals surface area contributed by atoms with Gasteiger partial charge >= 0.3 is 0 Å². The summed E-state index contributed by atoms with van der Waals surface area (Å²) in [4.78, 5) is 24.2. The number of amides is 1. The largest absolute Gasteiger partial charge is 0.506 e. The van der Waals surface area contributed by atoms with Gasteiger partial charge in [0, 0.05) is 12.1 Å². The van der Waals surface area contributed by atoms with Gasteiger partial charge in [0.2, 0.25) is 0 Å². The lowest BCUT2D eigenvalue weighted by atomic mass is 10.1. The quantitative estimate of drug-likeness (QED) is 0.190. The highest BCUT2D eigenvalue weighted by Crippen LogP contribution is 2.36. The number of nitrogens with zero attached hydrogens (tertiary/aromatic N) is 3. The van der Waals surface area contributed by atoms with E-state index in [9.17, 15) is 25.2 Å². The van der Waals surface area contributed by atoms with Crippen LogP contribution in [-0.2, 0) is 9.53 Å². The minimum atomic E-state index is -0.697. The van der Waals surface area contributed by atoms with Crippen molar-refractivity contribution < 1.29 is 19.7 Å². The summed E-state index contributed by atoms with van der Waals surface area (Å²) < 4.78 is 5.14. The Labute approximate surface area is 131 Å². The van der Waals surface area contributed by atoms with Crippen molar-refractivity contribution in [3.8, 4) is 11.8 Å². The molecular formula is C14H14N4O5. The maximum atomic E-state index is 12.3. The van der Waals surface area contributed by atoms with Gasteiger partial charge in [0.1, 0.15) is 18.6 Å². The highest BCUT2D eigenvalue weighted by Gasteiger charge is 2.25. The van der Waals surface area contributed by atoms with Crippen molar-refractivity contribution in [2.45, 2.75) is 6.42 Å². The summed E-state index contributed by atoms with van der Waals surface area (Å²) in [6, 6.07) is 3.81. The molecule has 0 aromatic heterocycles. The first-order chi connectivity index (χ1) is 11.0. The molecule has 0 aliphatic carbocycles. The maximum Gasteiger partial charge on any atom is 0.270 e. The zero-order valence-electron chi connectivity index (χ0n) is 12.0. The molecule has 0 radical (unpaired) electrons. The van der Waals surface area contributed by atoms with Crippen molar-refractivity contribution in [3.05, 3.63) is 28.2 Å². The lowest BCUT2D eigenvalue weighted by molar-refractivity contribution is -0.135. The zero-order chi connectivity index (χ0) is 17.0. The molecule has 23 heavy (non-hydrogen) atoms. The number of nitroso groups, excluding NO2 is 1. The van der Waals surface area contributed by atoms with E-state index in [0.717, 1.165) is 12.1 Å². The second-order valence-corrected chi connectivity index (χ2v) is 4.82. The van der Waals surface area contributed by atoms with Crippen molar-refractivity contribution >= 4 is 23.0 Å². The van der Waals surface area contributed by atoms with Gasteiger partial charge in [-0.25, -0.2) is 0 Å². The van der Waals surface area contributed by atoms with Gasteiger partial charge < -0.3 is 25.6 Å². The number of nitriles is 1. The van der Waals surface area contributed by atoms with Crippen molar-refractivity contribution in [3.63, 3.8) is 0 Å². The fourth-order valence-electron chi connectivity index (χ4n) is 2.11. The topological polar surface area (TPSA) is 149 Å². The van der Waals surface area contributed by atoms with Gasteiger partial charge in [-0.15, -0.1) is 4.91 Å². The summed E-state index contributed by atoms with van der Waals surface area (Å²) in [7, 11) is 0. The minimum Gasteiger partial charge on any atom is -0.506 e. The van der Waals surface area contributed by atoms with E-state index in [1.54, 1.807) is 6.07 Å². The van der Waals surface area contributed by atoms with E-state index in [2.05, 4.69) is 5.18 Å². The molecule has 0 saturated carbocycles. The Bertz CT molecular complexity index is 717. The Morgan fingerprint density at radius 2 is 2.22 bits per heavy atom. The van der Waals surface area contributed by atoms with Crippen LogP contribution in [0.4, 0.5) is 11.4 Å². The molecule has 120 valence electrons. The van der Waals surface area contributed by atoms with E-state index < -0.39 is 28.7 Å². The zero-order valence-corrected chi connectivity index (χ0v) is 12.0. The number of aromatic hydroxyl groups is 1. The fourth-order valence-corrected chi connectivity index (χ4v) is 2.11. The third-order valence-corrected chi connectivity index (χ3v) is 3.30. The van der Waals surface area contributed by atoms with Gasteiger partial charge in [0.25, 0.3) is 5.91 Å². The molecule has 1 fully saturated rings. The van der Waals surface area contributed by atoms with E-state index in [4.69, 9.17) is 10.5 Å². The Kier molecular flexibility index (Phi) is 4.78. The van der Waals surface area contributed by atoms with Crippen molar-refractivity contribution in [2.24, 2.45) is 5.18 Å². The number of phenolic OH excluding ortho intramolecular Hbond substituents is 1. The normalized spacial score (nSPS) is 15.5. The minimum absolute atomic E-state index is 0.0240. The van der Waals surface area contributed by atoms with Crippen LogP contribution >= 0.6 is 0 Å². The molecule has 0 bridgehead atoms. The van der Waals surface area contributed by atoms with Crippen molar-refractivity contribution in [1.29, 1.82) is 5.26 Å². The third kappa shape index (κ3) is 3.22. The monoisotopic (exact) mass is 318 g/mol. The number of carbonyl (C=O) groups excluding carboxylic acids is 1. The Balaban J connectivity index is 2.45. The summed E-state index contributed by atoms with van der Waals surface area (Å²) in [5, 5.41) is 31.5. The number of nitrogens with two attached hydrogens (primary N) is 1. The smallest absolute Gasteiger partial charge is 0.270 e. The van der Waals surface area contributed by atoms with Gasteiger partial charge in [0.15, 0.2) is 17.0 Å². The second-order valence-electron chi connectivity index (χ2n) is 4.82. The van der Waals surface area contributed by atoms with Gasteiger partial charge in [0.05, 0.1) is 12.3 Å². The van der Waals surface area contributed by atoms with Gasteiger partial charge in [-0.2, -0.15) is 5.26 Å². The number of benzene rings is 1. The molecule has 0 atom stereocenters. The molecule has 1 aromatic carbocycles. The van der Waals surface area contributed by atoms with E-state index in [-0.39, 0.29) is 18.0 Å². The van der Waals surface area contributed by atoms with Crippen molar-refractivity contribution in [1.82, 2.24) is 4.90 Å². The SMILES string of the molecule is N#C/C(C(=O)N1CCCOC1)=C(/O)c1cc(N)c(O)c(N=O)c1. The summed E-state index contributed by atoms with van der Waals surface area (Å²) in [5.74, 6) is -1.89. The first-order valence-electron chi connectivity index (χ1n) is 6.66. The first kappa shape index (κ1) is 16.3. The van der Waals surface area contributed by atoms with Gasteiger partial charge in [-0.05, 0) is 23.7 Å². The molecule has 9 heteroatoms. The lowest BCUT2D eigenvalue weighted by Gasteiger charge is -2.26. The molecule has 4 N–H and O–H groups in total. The predicted octanol–water partition coefficient (Wildman–Crippen LogP) is 1.37. The number of phenols is 1. The molecule has 1 heterocycles. The molecule has 1 aliphatic heterocycles. The molecule has 1 saturated heterocycles. The van der Waals surface area contributed by atoms with E-state index in [1.807, 2.05) is 0 Å². The van der Waals surface area contributed by atoms with Gasteiger partial charge in [-0.1, -0.05) is 0 Å². The Morgan fingerprint density at radius 3 is 2.78 bits per heavy atom. The van der Waals surface area contributed by atoms with E-state index >= 15 is 0 Å². The third-order valence-electron chi connectivity index (χ3n) is 3.30. The first-order valence-corrected chi connectivity index (χ1v) is 6.66. The van der Waals surface area contributed by atoms with Crippen LogP contribution in [0.1, 0.15) is 12.0 Å². The second kappa shape index (κ2) is 6.76. The Morgan fingerprint density at radius 1 is 1.48 bits per heavy atom. The number of aliphatic hydroxyl groups is 1. The summed E-state index contributed by atoms with van der Waals surface area (Å²) in [5.41, 5.74) is 4.31. The van der Waals surface area contributed by atoms with Gasteiger partial charge in [-0.3, -0.25) is 4.79 Å². The van der Waals surface area contributed by atoms with E-state index in [1.165, 1.54) is 4.90 Å². The van der Waals surface area contributed by atoms with Crippen LogP contribution in [0.15, 0.2) is 22.9 Å². The van der Waals surface area contributed by atoms with Crippen LogP contribution in [0, 0.1) is 16.2 Å². The number of carbonyl (C=O) groups is 1. The molecule has 1 aromatic rings. The van der Waals surface area contributed by atoms with Crippen LogP contribution in [0.2, 0.25) is 0 Å². The molecule has 1 aliphatic rings. The summed E-state index contributed by atoms with van der Waals surface area (Å²) in [6.07, 6.45) is 0.622. The molecule has 0 unspecified atom stereocenters. The van der Waals surface area contributed by atoms with Crippen molar-refractivity contribution in [2.75, 3.05) is 25.6 Å². The maximum absolute atomic E-state index is 12.3. The average molecular weight is 318 g/mol. The highest BCUT2D eigenvalue weighted by molar-refractivity contribution is 6.03. The van der Waals surface area contributed by atoms with Crippen LogP contribution in [0.25, 0.3) is 5.76 Å². The fraction of sp³-hybridized carbons (Fsp3) is 0.286. The van der Waals surface area contributed by atoms with Crippen LogP contribution in [-0.4, -0.2) is 40.9 Å². The summed E-state index contributed by atoms with van der Waals surface area (Å²) >= 11 is 0. The Hall–Kier alpha value is -3.12. The highest BCUT2D eigenvalue weighted by atomic mass is 16.5. The number of aliphatic hydroxyl groups excluding tert-OH is 1. The predicted molar refractivity (Wildman–Crippen MR) is 80.3 cm³/mol. The molecule has 9 nitrogen and oxygen atoms in total. The van der Waals surface area contributed by atoms with Crippen LogP contribution < -0.4 is 5.73 Å². The number of hydrogen-bond acceptors (Lipinski definition) is 8. The molecule has 1 amide bonds. The molecular weight excluding hydrogens is 304 g/mol. The number of anilines is 1. The number of rotatable bonds is 3. The standard InChI is InChI=1S/C14H14N4O5/c15-6-9(14(21)18-2-1-3-23-7-18)12(19)8-4-10(16)13(20)11(5-8)17-22/h4-5,19-20H,1-3,7,16H2/b12-9-. The lowest BCUT2D eigenvalue weighted by Crippen LogP contribution is -2.39. The number of nitrogen functional groups attached to an aromatic ring is 1. The van der Waals surface area contributed by atoms with E-state index in [0.29, 0.717) is 19.6 Å². The number of hydrogen-bond donors (Lipinski definition) is 3. The molecule has 2 rings (SSSR count). The molecule has 0 spiro atoms. The average Bonchev–Trinajstić information content (AvgIpc) is 2.58. The number of ether oxygens (including phenoxy) is 1. The summed E-state index contributed by atoms with van der Waals surface area (Å²) in [6.45, 7) is 0.941.